The van der Waals surface area contributed by atoms with Crippen molar-refractivity contribution in [3.8, 4) is 0 Å². The number of aryl methyl sites for hydroxylation is 2. The lowest BCUT2D eigenvalue weighted by molar-refractivity contribution is -0.928. The molecule has 94 valence electrons. The summed E-state index contributed by atoms with van der Waals surface area (Å²) < 4.78 is 2.51. The average Bonchev–Trinajstić information content (AvgIpc) is 2.38. The molecule has 1 aliphatic carbocycles. The predicted molar refractivity (Wildman–Crippen MR) is 64.8 cm³/mol. The van der Waals surface area contributed by atoms with Gasteiger partial charge in [0.05, 0.1) is 0 Å². The van der Waals surface area contributed by atoms with Crippen LogP contribution in [0, 0.1) is 13.8 Å². The van der Waals surface area contributed by atoms with Crippen LogP contribution in [-0.2, 0) is 12.8 Å². The second kappa shape index (κ2) is 3.83. The molecule has 4 heteroatoms. The van der Waals surface area contributed by atoms with Crippen molar-refractivity contribution in [2.45, 2.75) is 39.5 Å². The van der Waals surface area contributed by atoms with Crippen LogP contribution in [0.1, 0.15) is 35.4 Å². The Hall–Kier alpha value is -1.84. The van der Waals surface area contributed by atoms with E-state index >= 15 is 0 Å². The number of nitrogens with zero attached hydrogens (tertiary/aromatic N) is 2. The molecular formula is C14H18N2O2+2. The molecule has 0 bridgehead atoms. The monoisotopic (exact) mass is 246 g/mol. The summed E-state index contributed by atoms with van der Waals surface area (Å²) in [5.41, 5.74) is 5.23. The Kier molecular flexibility index (Phi) is 2.40. The number of aromatic nitrogens is 2. The molecule has 0 atom stereocenters. The summed E-state index contributed by atoms with van der Waals surface area (Å²) in [7, 11) is 0. The Labute approximate surface area is 106 Å². The van der Waals surface area contributed by atoms with Crippen LogP contribution >= 0.6 is 0 Å². The smallest absolute Gasteiger partial charge is 0.284 e. The summed E-state index contributed by atoms with van der Waals surface area (Å²) in [5, 5.41) is 20.7. The van der Waals surface area contributed by atoms with E-state index in [0.717, 1.165) is 48.2 Å². The maximum atomic E-state index is 10.3. The van der Waals surface area contributed by atoms with Crippen molar-refractivity contribution in [3.63, 3.8) is 0 Å². The van der Waals surface area contributed by atoms with Crippen LogP contribution in [0.25, 0.3) is 11.0 Å². The molecule has 0 saturated carbocycles. The molecule has 0 amide bonds. The molecule has 18 heavy (non-hydrogen) atoms. The van der Waals surface area contributed by atoms with Crippen LogP contribution in [-0.4, -0.2) is 10.4 Å². The van der Waals surface area contributed by atoms with Crippen molar-refractivity contribution in [1.82, 2.24) is 0 Å². The van der Waals surface area contributed by atoms with E-state index in [1.807, 2.05) is 26.0 Å². The number of hydrogen-bond donors (Lipinski definition) is 2. The Balaban J connectivity index is 2.44. The number of fused-ring (bicyclic) bond motifs is 2. The maximum Gasteiger partial charge on any atom is 0.333 e. The van der Waals surface area contributed by atoms with Crippen molar-refractivity contribution >= 4 is 11.0 Å². The third-order valence-electron chi connectivity index (χ3n) is 3.97. The number of benzene rings is 1. The zero-order chi connectivity index (χ0) is 12.9. The van der Waals surface area contributed by atoms with Gasteiger partial charge >= 0.3 is 22.4 Å². The first-order valence-corrected chi connectivity index (χ1v) is 6.41. The van der Waals surface area contributed by atoms with E-state index in [-0.39, 0.29) is 0 Å². The minimum Gasteiger partial charge on any atom is -0.284 e. The summed E-state index contributed by atoms with van der Waals surface area (Å²) in [6.07, 6.45) is 3.75. The van der Waals surface area contributed by atoms with E-state index in [4.69, 9.17) is 0 Å². The van der Waals surface area contributed by atoms with Crippen LogP contribution in [0.15, 0.2) is 12.1 Å². The topological polar surface area (TPSA) is 48.2 Å². The average molecular weight is 246 g/mol. The summed E-state index contributed by atoms with van der Waals surface area (Å²) >= 11 is 0. The van der Waals surface area contributed by atoms with Crippen LogP contribution in [0.4, 0.5) is 0 Å². The van der Waals surface area contributed by atoms with Gasteiger partial charge in [-0.3, -0.25) is 10.4 Å². The molecule has 1 heterocycles. The quantitative estimate of drug-likeness (QED) is 0.545. The SMILES string of the molecule is Cc1cc2c(cc1C)[n+](O)c1c([n+]2O)CCCC1. The van der Waals surface area contributed by atoms with E-state index < -0.39 is 0 Å². The second-order valence-corrected chi connectivity index (χ2v) is 5.15. The molecule has 1 aliphatic rings. The summed E-state index contributed by atoms with van der Waals surface area (Å²) in [6, 6.07) is 3.85. The molecule has 0 unspecified atom stereocenters. The molecule has 0 radical (unpaired) electrons. The molecule has 0 spiro atoms. The van der Waals surface area contributed by atoms with Gasteiger partial charge in [0, 0.05) is 34.4 Å². The van der Waals surface area contributed by atoms with Gasteiger partial charge in [-0.2, -0.15) is 0 Å². The molecule has 1 aromatic carbocycles. The van der Waals surface area contributed by atoms with Crippen molar-refractivity contribution in [3.05, 3.63) is 34.6 Å². The van der Waals surface area contributed by atoms with Gasteiger partial charge in [0.15, 0.2) is 0 Å². The Morgan fingerprint density at radius 3 is 1.61 bits per heavy atom. The largest absolute Gasteiger partial charge is 0.333 e. The maximum absolute atomic E-state index is 10.3. The third-order valence-corrected chi connectivity index (χ3v) is 3.97. The van der Waals surface area contributed by atoms with Gasteiger partial charge in [0.2, 0.25) is 0 Å². The lowest BCUT2D eigenvalue weighted by atomic mass is 9.99. The van der Waals surface area contributed by atoms with E-state index in [0.29, 0.717) is 11.0 Å². The number of hydrogen-bond acceptors (Lipinski definition) is 2. The summed E-state index contributed by atoms with van der Waals surface area (Å²) in [6.45, 7) is 4.02. The Bertz CT molecular complexity index is 594. The van der Waals surface area contributed by atoms with Gasteiger partial charge in [-0.1, -0.05) is 0 Å². The highest BCUT2D eigenvalue weighted by atomic mass is 16.5. The minimum atomic E-state index is 0.668. The molecular weight excluding hydrogens is 228 g/mol. The Morgan fingerprint density at radius 2 is 1.22 bits per heavy atom. The normalized spacial score (nSPS) is 14.8. The molecule has 4 nitrogen and oxygen atoms in total. The van der Waals surface area contributed by atoms with Crippen LogP contribution in [0.2, 0.25) is 0 Å². The fourth-order valence-electron chi connectivity index (χ4n) is 2.75. The highest BCUT2D eigenvalue weighted by molar-refractivity contribution is 5.70. The van der Waals surface area contributed by atoms with E-state index in [9.17, 15) is 10.4 Å². The van der Waals surface area contributed by atoms with Gasteiger partial charge in [0.1, 0.15) is 0 Å². The fraction of sp³-hybridized carbons (Fsp3) is 0.429. The highest BCUT2D eigenvalue weighted by Gasteiger charge is 2.36. The van der Waals surface area contributed by atoms with Gasteiger partial charge in [-0.05, 0) is 37.8 Å². The zero-order valence-electron chi connectivity index (χ0n) is 10.8. The standard InChI is InChI=1S/C14H18N2O2/c1-9-7-13-14(8-10(9)2)16(18)12-6-4-3-5-11(12)15(13)17/h7-8,17-18H,3-6H2,1-2H3/q+2. The molecule has 0 saturated heterocycles. The predicted octanol–water partition coefficient (Wildman–Crippen LogP) is 1.39. The first-order chi connectivity index (χ1) is 8.59. The van der Waals surface area contributed by atoms with Crippen LogP contribution in [0.3, 0.4) is 0 Å². The van der Waals surface area contributed by atoms with Crippen molar-refractivity contribution in [2.75, 3.05) is 0 Å². The molecule has 0 fully saturated rings. The Morgan fingerprint density at radius 1 is 0.833 bits per heavy atom. The van der Waals surface area contributed by atoms with Gasteiger partial charge in [-0.15, -0.1) is 0 Å². The molecule has 2 aromatic rings. The molecule has 3 rings (SSSR count). The van der Waals surface area contributed by atoms with Gasteiger partial charge < -0.3 is 0 Å². The second-order valence-electron chi connectivity index (χ2n) is 5.15. The van der Waals surface area contributed by atoms with E-state index in [2.05, 4.69) is 0 Å². The minimum absolute atomic E-state index is 0.668. The van der Waals surface area contributed by atoms with Crippen molar-refractivity contribution < 1.29 is 19.9 Å². The van der Waals surface area contributed by atoms with Crippen molar-refractivity contribution in [2.24, 2.45) is 0 Å². The van der Waals surface area contributed by atoms with Crippen molar-refractivity contribution in [1.29, 1.82) is 0 Å². The number of rotatable bonds is 0. The van der Waals surface area contributed by atoms with Crippen LogP contribution in [0.5, 0.6) is 0 Å². The van der Waals surface area contributed by atoms with Gasteiger partial charge in [-0.25, -0.2) is 0 Å². The molecule has 2 N–H and O–H groups in total. The van der Waals surface area contributed by atoms with E-state index in [1.54, 1.807) is 0 Å². The van der Waals surface area contributed by atoms with Gasteiger partial charge in [0.25, 0.3) is 0 Å². The lowest BCUT2D eigenvalue weighted by Gasteiger charge is -2.08. The third kappa shape index (κ3) is 1.45. The molecule has 1 aromatic heterocycles. The zero-order valence-corrected chi connectivity index (χ0v) is 10.8. The first kappa shape index (κ1) is 11.3. The summed E-state index contributed by atoms with van der Waals surface area (Å²) in [5.74, 6) is 0. The highest BCUT2D eigenvalue weighted by Crippen LogP contribution is 2.19. The van der Waals surface area contributed by atoms with E-state index in [1.165, 1.54) is 9.46 Å². The van der Waals surface area contributed by atoms with Crippen LogP contribution < -0.4 is 9.46 Å². The summed E-state index contributed by atoms with van der Waals surface area (Å²) in [4.78, 5) is 0. The molecule has 0 aliphatic heterocycles. The fourth-order valence-corrected chi connectivity index (χ4v) is 2.75. The lowest BCUT2D eigenvalue weighted by Crippen LogP contribution is -2.49. The first-order valence-electron chi connectivity index (χ1n) is 6.41.